The molecule has 0 spiro atoms. The molecule has 2 aromatic heterocycles. The van der Waals surface area contributed by atoms with Gasteiger partial charge in [-0.25, -0.2) is 17.9 Å². The number of benzene rings is 3. The third-order valence-corrected chi connectivity index (χ3v) is 7.44. The summed E-state index contributed by atoms with van der Waals surface area (Å²) in [6.45, 7) is 1.41. The minimum Gasteiger partial charge on any atom is -0.495 e. The van der Waals surface area contributed by atoms with Gasteiger partial charge in [-0.1, -0.05) is 18.2 Å². The Balaban J connectivity index is 1.24. The predicted molar refractivity (Wildman–Crippen MR) is 143 cm³/mol. The van der Waals surface area contributed by atoms with Crippen molar-refractivity contribution in [2.24, 2.45) is 0 Å². The van der Waals surface area contributed by atoms with Crippen molar-refractivity contribution in [2.75, 3.05) is 12.4 Å². The van der Waals surface area contributed by atoms with Crippen LogP contribution in [0.25, 0.3) is 21.9 Å². The fourth-order valence-corrected chi connectivity index (χ4v) is 4.96. The van der Waals surface area contributed by atoms with Crippen molar-refractivity contribution in [1.82, 2.24) is 4.72 Å². The van der Waals surface area contributed by atoms with Crippen LogP contribution in [0.4, 0.5) is 5.69 Å². The highest BCUT2D eigenvalue weighted by atomic mass is 32.2. The van der Waals surface area contributed by atoms with Gasteiger partial charge in [-0.2, -0.15) is 0 Å². The van der Waals surface area contributed by atoms with Gasteiger partial charge in [0.25, 0.3) is 5.91 Å². The Kier molecular flexibility index (Phi) is 7.09. The van der Waals surface area contributed by atoms with Crippen LogP contribution in [0.3, 0.4) is 0 Å². The Morgan fingerprint density at radius 2 is 1.72 bits per heavy atom. The van der Waals surface area contributed by atoms with Crippen LogP contribution in [0, 0.1) is 0 Å². The second-order valence-electron chi connectivity index (χ2n) is 8.61. The lowest BCUT2D eigenvalue weighted by molar-refractivity contribution is -0.123. The van der Waals surface area contributed by atoms with Gasteiger partial charge < -0.3 is 23.6 Å². The number of anilines is 1. The Morgan fingerprint density at radius 1 is 0.949 bits per heavy atom. The van der Waals surface area contributed by atoms with Gasteiger partial charge in [0.15, 0.2) is 6.10 Å². The Morgan fingerprint density at radius 3 is 2.44 bits per heavy atom. The van der Waals surface area contributed by atoms with Gasteiger partial charge in [0.05, 0.1) is 36.1 Å². The second-order valence-corrected chi connectivity index (χ2v) is 10.4. The Bertz CT molecular complexity index is 1760. The fraction of sp³-hybridized carbons (Fsp3) is 0.143. The van der Waals surface area contributed by atoms with Crippen molar-refractivity contribution < 1.29 is 36.3 Å². The molecule has 0 aliphatic carbocycles. The number of fused-ring (bicyclic) bond motifs is 3. The molecule has 0 aliphatic heterocycles. The van der Waals surface area contributed by atoms with Gasteiger partial charge in [-0.05, 0) is 55.5 Å². The molecular weight excluding hydrogens is 524 g/mol. The van der Waals surface area contributed by atoms with Gasteiger partial charge in [-0.3, -0.25) is 4.79 Å². The zero-order valence-corrected chi connectivity index (χ0v) is 21.8. The van der Waals surface area contributed by atoms with E-state index in [1.54, 1.807) is 24.3 Å². The van der Waals surface area contributed by atoms with E-state index in [1.165, 1.54) is 44.6 Å². The van der Waals surface area contributed by atoms with Gasteiger partial charge in [0, 0.05) is 16.8 Å². The number of sulfonamides is 1. The van der Waals surface area contributed by atoms with Crippen molar-refractivity contribution in [3.8, 4) is 5.75 Å². The van der Waals surface area contributed by atoms with E-state index in [-0.39, 0.29) is 17.0 Å². The van der Waals surface area contributed by atoms with Crippen LogP contribution in [-0.4, -0.2) is 33.5 Å². The van der Waals surface area contributed by atoms with Gasteiger partial charge in [-0.15, -0.1) is 0 Å². The van der Waals surface area contributed by atoms with E-state index in [1.807, 2.05) is 24.3 Å². The molecule has 39 heavy (non-hydrogen) atoms. The molecule has 11 heteroatoms. The molecule has 200 valence electrons. The highest BCUT2D eigenvalue weighted by Gasteiger charge is 2.22. The molecule has 0 saturated carbocycles. The average Bonchev–Trinajstić information content (AvgIpc) is 3.59. The molecule has 2 heterocycles. The number of esters is 1. The van der Waals surface area contributed by atoms with Gasteiger partial charge in [0.1, 0.15) is 22.7 Å². The number of hydrogen-bond donors (Lipinski definition) is 2. The number of rotatable bonds is 9. The first-order valence-electron chi connectivity index (χ1n) is 11.9. The van der Waals surface area contributed by atoms with Crippen LogP contribution in [0.15, 0.2) is 92.8 Å². The van der Waals surface area contributed by atoms with E-state index in [9.17, 15) is 18.0 Å². The number of nitrogens with one attached hydrogen (secondary N) is 2. The first kappa shape index (κ1) is 26.0. The molecule has 0 unspecified atom stereocenters. The topological polar surface area (TPSA) is 137 Å². The normalized spacial score (nSPS) is 12.4. The maximum Gasteiger partial charge on any atom is 0.338 e. The molecule has 5 aromatic rings. The number of hydrogen-bond acceptors (Lipinski definition) is 8. The standard InChI is InChI=1S/C28H24N2O8S/c1-17(27(31)30-23-15-25-22(14-26(23)35-2)21-7-3-4-8-24(21)38-25)37-28(32)18-9-11-20(12-10-18)39(33,34)29-16-19-6-5-13-36-19/h3-15,17,29H,16H2,1-2H3,(H,30,31)/t17-/m0/s1. The highest BCUT2D eigenvalue weighted by molar-refractivity contribution is 7.89. The summed E-state index contributed by atoms with van der Waals surface area (Å²) < 4.78 is 49.2. The first-order chi connectivity index (χ1) is 18.7. The molecule has 2 N–H and O–H groups in total. The van der Waals surface area contributed by atoms with Crippen LogP contribution in [0.2, 0.25) is 0 Å². The summed E-state index contributed by atoms with van der Waals surface area (Å²) in [4.78, 5) is 25.4. The molecule has 0 saturated heterocycles. The molecular formula is C28H24N2O8S. The predicted octanol–water partition coefficient (Wildman–Crippen LogP) is 4.85. The molecule has 0 radical (unpaired) electrons. The van der Waals surface area contributed by atoms with Gasteiger partial charge >= 0.3 is 5.97 Å². The van der Waals surface area contributed by atoms with E-state index in [0.717, 1.165) is 10.8 Å². The lowest BCUT2D eigenvalue weighted by Crippen LogP contribution is -2.30. The van der Waals surface area contributed by atoms with Crippen molar-refractivity contribution in [3.05, 3.63) is 90.4 Å². The van der Waals surface area contributed by atoms with Crippen molar-refractivity contribution in [2.45, 2.75) is 24.5 Å². The quantitative estimate of drug-likeness (QED) is 0.250. The maximum absolute atomic E-state index is 12.8. The molecule has 0 fully saturated rings. The Hall–Kier alpha value is -4.61. The smallest absolute Gasteiger partial charge is 0.338 e. The summed E-state index contributed by atoms with van der Waals surface area (Å²) in [7, 11) is -2.34. The van der Waals surface area contributed by atoms with E-state index in [4.69, 9.17) is 18.3 Å². The molecule has 1 atom stereocenters. The number of ether oxygens (including phenoxy) is 2. The molecule has 3 aromatic carbocycles. The highest BCUT2D eigenvalue weighted by Crippen LogP contribution is 2.36. The molecule has 5 rings (SSSR count). The monoisotopic (exact) mass is 548 g/mol. The van der Waals surface area contributed by atoms with Crippen LogP contribution >= 0.6 is 0 Å². The minimum absolute atomic E-state index is 0.0141. The fourth-order valence-electron chi connectivity index (χ4n) is 3.97. The Labute approximate surface area is 223 Å². The zero-order chi connectivity index (χ0) is 27.6. The van der Waals surface area contributed by atoms with E-state index < -0.39 is 28.0 Å². The third-order valence-electron chi connectivity index (χ3n) is 6.03. The van der Waals surface area contributed by atoms with Crippen LogP contribution in [0.5, 0.6) is 5.75 Å². The first-order valence-corrected chi connectivity index (χ1v) is 13.4. The summed E-state index contributed by atoms with van der Waals surface area (Å²) in [5.74, 6) is -0.497. The zero-order valence-electron chi connectivity index (χ0n) is 21.0. The third kappa shape index (κ3) is 5.49. The van der Waals surface area contributed by atoms with Gasteiger partial charge in [0.2, 0.25) is 10.0 Å². The van der Waals surface area contributed by atoms with E-state index >= 15 is 0 Å². The maximum atomic E-state index is 12.8. The van der Waals surface area contributed by atoms with Crippen molar-refractivity contribution in [3.63, 3.8) is 0 Å². The molecule has 10 nitrogen and oxygen atoms in total. The number of carbonyl (C=O) groups is 2. The van der Waals surface area contributed by atoms with E-state index in [0.29, 0.717) is 28.4 Å². The second kappa shape index (κ2) is 10.6. The number of amides is 1. The van der Waals surface area contributed by atoms with E-state index in [2.05, 4.69) is 10.0 Å². The summed E-state index contributed by atoms with van der Waals surface area (Å²) in [6, 6.07) is 19.5. The summed E-state index contributed by atoms with van der Waals surface area (Å²) in [6.07, 6.45) is 0.285. The number of carbonyl (C=O) groups excluding carboxylic acids is 2. The lowest BCUT2D eigenvalue weighted by Gasteiger charge is -2.15. The van der Waals surface area contributed by atoms with Crippen LogP contribution < -0.4 is 14.8 Å². The summed E-state index contributed by atoms with van der Waals surface area (Å²) >= 11 is 0. The number of methoxy groups -OCH3 is 1. The minimum atomic E-state index is -3.83. The molecule has 1 amide bonds. The summed E-state index contributed by atoms with van der Waals surface area (Å²) in [5, 5.41) is 4.46. The van der Waals surface area contributed by atoms with Crippen LogP contribution in [0.1, 0.15) is 23.0 Å². The largest absolute Gasteiger partial charge is 0.495 e. The number of para-hydroxylation sites is 1. The van der Waals surface area contributed by atoms with Crippen LogP contribution in [-0.2, 0) is 26.1 Å². The van der Waals surface area contributed by atoms with Crippen molar-refractivity contribution >= 4 is 49.5 Å². The average molecular weight is 549 g/mol. The number of furan rings is 2. The molecule has 0 aliphatic rings. The lowest BCUT2D eigenvalue weighted by atomic mass is 10.1. The molecule has 0 bridgehead atoms. The summed E-state index contributed by atoms with van der Waals surface area (Å²) in [5.41, 5.74) is 1.70. The van der Waals surface area contributed by atoms with Crippen molar-refractivity contribution in [1.29, 1.82) is 0 Å². The SMILES string of the molecule is COc1cc2c(cc1NC(=O)[C@H](C)OC(=O)c1ccc(S(=O)(=O)NCc3ccco3)cc1)oc1ccccc12.